The van der Waals surface area contributed by atoms with Crippen molar-refractivity contribution in [1.29, 1.82) is 10.5 Å². The quantitative estimate of drug-likeness (QED) is 0.702. The number of likely N-dealkylation sites (tertiary alicyclic amines) is 1. The van der Waals surface area contributed by atoms with E-state index >= 15 is 0 Å². The molecule has 0 saturated carbocycles. The molecule has 1 aliphatic rings. The molecule has 0 radical (unpaired) electrons. The third kappa shape index (κ3) is 6.02. The number of amides is 1. The van der Waals surface area contributed by atoms with Gasteiger partial charge in [-0.3, -0.25) is 0 Å². The van der Waals surface area contributed by atoms with Gasteiger partial charge in [-0.15, -0.1) is 0 Å². The minimum absolute atomic E-state index is 0.0197. The van der Waals surface area contributed by atoms with Gasteiger partial charge in [-0.2, -0.15) is 10.5 Å². The third-order valence-electron chi connectivity index (χ3n) is 4.84. The van der Waals surface area contributed by atoms with Crippen LogP contribution < -0.4 is 10.6 Å². The van der Waals surface area contributed by atoms with E-state index in [4.69, 9.17) is 15.3 Å². The number of allylic oxidation sites excluding steroid dienone is 1. The number of nitrogens with one attached hydrogen (secondary N) is 2. The number of carbonyl (C=O) groups excluding carboxylic acids is 1. The predicted molar refractivity (Wildman–Crippen MR) is 114 cm³/mol. The van der Waals surface area contributed by atoms with Gasteiger partial charge in [-0.05, 0) is 42.7 Å². The monoisotopic (exact) mass is 401 g/mol. The van der Waals surface area contributed by atoms with Crippen molar-refractivity contribution in [2.45, 2.75) is 25.5 Å². The van der Waals surface area contributed by atoms with Gasteiger partial charge in [0.1, 0.15) is 24.3 Å². The van der Waals surface area contributed by atoms with Gasteiger partial charge in [-0.1, -0.05) is 30.3 Å². The van der Waals surface area contributed by atoms with Gasteiger partial charge in [0.05, 0.1) is 0 Å². The van der Waals surface area contributed by atoms with Crippen LogP contribution in [0.15, 0.2) is 66.4 Å². The van der Waals surface area contributed by atoms with Crippen molar-refractivity contribution < 1.29 is 9.53 Å². The van der Waals surface area contributed by atoms with Crippen molar-refractivity contribution in [3.8, 4) is 12.1 Å². The zero-order chi connectivity index (χ0) is 21.2. The van der Waals surface area contributed by atoms with Crippen molar-refractivity contribution in [1.82, 2.24) is 4.90 Å². The first-order chi connectivity index (χ1) is 14.7. The summed E-state index contributed by atoms with van der Waals surface area (Å²) in [5.41, 5.74) is 2.77. The molecule has 30 heavy (non-hydrogen) atoms. The maximum atomic E-state index is 12.3. The number of ether oxygens (including phenoxy) is 1. The molecule has 0 unspecified atom stereocenters. The molecule has 7 heteroatoms. The van der Waals surface area contributed by atoms with Crippen LogP contribution in [0.4, 0.5) is 16.2 Å². The molecule has 0 atom stereocenters. The van der Waals surface area contributed by atoms with Gasteiger partial charge < -0.3 is 20.3 Å². The standard InChI is InChI=1S/C23H23N5O2/c24-14-19(15-25)16-26-20-6-8-21(9-7-20)27-22-10-12-28(13-11-22)23(29)30-17-18-4-2-1-3-5-18/h1-9,16,22,26-27H,10-13,17H2. The zero-order valence-corrected chi connectivity index (χ0v) is 16.5. The molecule has 0 aromatic heterocycles. The first kappa shape index (κ1) is 20.8. The number of benzene rings is 2. The summed E-state index contributed by atoms with van der Waals surface area (Å²) in [7, 11) is 0. The van der Waals surface area contributed by atoms with E-state index in [1.54, 1.807) is 17.0 Å². The van der Waals surface area contributed by atoms with Crippen LogP contribution in [0.2, 0.25) is 0 Å². The average Bonchev–Trinajstić information content (AvgIpc) is 2.80. The normalized spacial score (nSPS) is 13.5. The molecule has 1 aliphatic heterocycles. The number of rotatable bonds is 6. The molecule has 3 rings (SSSR count). The van der Waals surface area contributed by atoms with Gasteiger partial charge in [0, 0.05) is 36.7 Å². The van der Waals surface area contributed by atoms with Crippen molar-refractivity contribution in [2.75, 3.05) is 23.7 Å². The summed E-state index contributed by atoms with van der Waals surface area (Å²) in [4.78, 5) is 14.0. The third-order valence-corrected chi connectivity index (χ3v) is 4.84. The molecule has 0 bridgehead atoms. The molecular formula is C23H23N5O2. The van der Waals surface area contributed by atoms with E-state index in [2.05, 4.69) is 10.6 Å². The maximum absolute atomic E-state index is 12.3. The average molecular weight is 401 g/mol. The summed E-state index contributed by atoms with van der Waals surface area (Å²) in [5, 5.41) is 23.9. The smallest absolute Gasteiger partial charge is 0.410 e. The van der Waals surface area contributed by atoms with Crippen LogP contribution in [-0.2, 0) is 11.3 Å². The largest absolute Gasteiger partial charge is 0.445 e. The molecule has 1 heterocycles. The number of anilines is 2. The number of carbonyl (C=O) groups is 1. The summed E-state index contributed by atoms with van der Waals surface area (Å²) in [5.74, 6) is 0. The Bertz CT molecular complexity index is 934. The Labute approximate surface area is 176 Å². The Morgan fingerprint density at radius 3 is 2.30 bits per heavy atom. The van der Waals surface area contributed by atoms with Gasteiger partial charge in [0.2, 0.25) is 0 Å². The van der Waals surface area contributed by atoms with Crippen LogP contribution in [0.5, 0.6) is 0 Å². The topological polar surface area (TPSA) is 101 Å². The van der Waals surface area contributed by atoms with E-state index in [0.29, 0.717) is 13.1 Å². The zero-order valence-electron chi connectivity index (χ0n) is 16.5. The maximum Gasteiger partial charge on any atom is 0.410 e. The fourth-order valence-electron chi connectivity index (χ4n) is 3.16. The summed E-state index contributed by atoms with van der Waals surface area (Å²) in [6.45, 7) is 1.60. The van der Waals surface area contributed by atoms with Crippen LogP contribution in [0, 0.1) is 22.7 Å². The molecular weight excluding hydrogens is 378 g/mol. The second-order valence-corrected chi connectivity index (χ2v) is 6.95. The van der Waals surface area contributed by atoms with Crippen LogP contribution in [0.25, 0.3) is 0 Å². The highest BCUT2D eigenvalue weighted by molar-refractivity contribution is 5.67. The lowest BCUT2D eigenvalue weighted by Crippen LogP contribution is -2.42. The molecule has 152 valence electrons. The number of piperidine rings is 1. The van der Waals surface area contributed by atoms with E-state index in [0.717, 1.165) is 29.8 Å². The SMILES string of the molecule is N#CC(C#N)=CNc1ccc(NC2CCN(C(=O)OCc3ccccc3)CC2)cc1. The van der Waals surface area contributed by atoms with Gasteiger partial charge >= 0.3 is 6.09 Å². The number of nitrogens with zero attached hydrogens (tertiary/aromatic N) is 3. The highest BCUT2D eigenvalue weighted by atomic mass is 16.6. The van der Waals surface area contributed by atoms with Crippen LogP contribution >= 0.6 is 0 Å². The minimum atomic E-state index is -0.269. The number of nitriles is 2. The Balaban J connectivity index is 1.42. The minimum Gasteiger partial charge on any atom is -0.445 e. The van der Waals surface area contributed by atoms with Gasteiger partial charge in [0.15, 0.2) is 0 Å². The number of hydrogen-bond acceptors (Lipinski definition) is 6. The van der Waals surface area contributed by atoms with Crippen molar-refractivity contribution in [3.05, 3.63) is 71.9 Å². The molecule has 0 aliphatic carbocycles. The first-order valence-electron chi connectivity index (χ1n) is 9.77. The molecule has 7 nitrogen and oxygen atoms in total. The Hall–Kier alpha value is -3.97. The van der Waals surface area contributed by atoms with Crippen molar-refractivity contribution in [2.24, 2.45) is 0 Å². The summed E-state index contributed by atoms with van der Waals surface area (Å²) in [6, 6.07) is 21.2. The molecule has 0 spiro atoms. The molecule has 2 aromatic rings. The molecule has 2 N–H and O–H groups in total. The molecule has 1 saturated heterocycles. The van der Waals surface area contributed by atoms with E-state index in [1.165, 1.54) is 6.20 Å². The second-order valence-electron chi connectivity index (χ2n) is 6.95. The molecule has 2 aromatic carbocycles. The van der Waals surface area contributed by atoms with E-state index in [-0.39, 0.29) is 24.3 Å². The fourth-order valence-corrected chi connectivity index (χ4v) is 3.16. The summed E-state index contributed by atoms with van der Waals surface area (Å²) >= 11 is 0. The van der Waals surface area contributed by atoms with Gasteiger partial charge in [0.25, 0.3) is 0 Å². The fraction of sp³-hybridized carbons (Fsp3) is 0.261. The highest BCUT2D eigenvalue weighted by Gasteiger charge is 2.23. The Morgan fingerprint density at radius 1 is 1.03 bits per heavy atom. The van der Waals surface area contributed by atoms with E-state index in [1.807, 2.05) is 54.6 Å². The molecule has 1 fully saturated rings. The number of hydrogen-bond donors (Lipinski definition) is 2. The lowest BCUT2D eigenvalue weighted by Gasteiger charge is -2.32. The Morgan fingerprint density at radius 2 is 1.67 bits per heavy atom. The van der Waals surface area contributed by atoms with E-state index in [9.17, 15) is 4.79 Å². The highest BCUT2D eigenvalue weighted by Crippen LogP contribution is 2.19. The van der Waals surface area contributed by atoms with Crippen LogP contribution in [-0.4, -0.2) is 30.1 Å². The van der Waals surface area contributed by atoms with Crippen molar-refractivity contribution >= 4 is 17.5 Å². The summed E-state index contributed by atoms with van der Waals surface area (Å²) < 4.78 is 5.40. The summed E-state index contributed by atoms with van der Waals surface area (Å²) in [6.07, 6.45) is 2.80. The lowest BCUT2D eigenvalue weighted by molar-refractivity contribution is 0.0882. The Kier molecular flexibility index (Phi) is 7.29. The predicted octanol–water partition coefficient (Wildman–Crippen LogP) is 4.24. The lowest BCUT2D eigenvalue weighted by atomic mass is 10.0. The van der Waals surface area contributed by atoms with Crippen molar-refractivity contribution in [3.63, 3.8) is 0 Å². The first-order valence-corrected chi connectivity index (χ1v) is 9.77. The molecule has 1 amide bonds. The van der Waals surface area contributed by atoms with Gasteiger partial charge in [-0.25, -0.2) is 4.79 Å². The van der Waals surface area contributed by atoms with Crippen LogP contribution in [0.3, 0.4) is 0 Å². The second kappa shape index (κ2) is 10.5. The van der Waals surface area contributed by atoms with E-state index < -0.39 is 0 Å². The van der Waals surface area contributed by atoms with Crippen LogP contribution in [0.1, 0.15) is 18.4 Å².